The fourth-order valence-corrected chi connectivity index (χ4v) is 4.10. The van der Waals surface area contributed by atoms with E-state index < -0.39 is 11.2 Å². The van der Waals surface area contributed by atoms with Gasteiger partial charge in [0.2, 0.25) is 5.91 Å². The number of hydrazine groups is 1. The second-order valence-corrected chi connectivity index (χ2v) is 8.34. The Balaban J connectivity index is 1.22. The standard InChI is InChI=1S/C22H29N7O3/c1-28(12-6-9-15-13-16(27-26-15)14-7-4-3-5-8-14)18(30)11-10-17-23-19-20(24-17)29(2)22(32)25-21(19)31/h3-5,7-8,15-16,26-27H,6,9-13H2,1-2H3,(H,23,24)(H,25,31,32). The van der Waals surface area contributed by atoms with Gasteiger partial charge in [-0.3, -0.25) is 30.0 Å². The topological polar surface area (TPSA) is 128 Å². The Hall–Kier alpha value is -3.24. The molecule has 1 aromatic carbocycles. The Bertz CT molecular complexity index is 1200. The molecule has 2 aromatic heterocycles. The molecule has 32 heavy (non-hydrogen) atoms. The van der Waals surface area contributed by atoms with E-state index in [0.29, 0.717) is 36.5 Å². The maximum atomic E-state index is 12.5. The predicted octanol–water partition coefficient (Wildman–Crippen LogP) is 0.729. The highest BCUT2D eigenvalue weighted by atomic mass is 16.2. The van der Waals surface area contributed by atoms with Crippen LogP contribution in [-0.4, -0.2) is 50.0 Å². The van der Waals surface area contributed by atoms with E-state index in [1.807, 2.05) is 13.1 Å². The number of carbonyl (C=O) groups excluding carboxylic acids is 1. The quantitative estimate of drug-likeness (QED) is 0.410. The van der Waals surface area contributed by atoms with Crippen molar-refractivity contribution < 1.29 is 4.79 Å². The fraction of sp³-hybridized carbons (Fsp3) is 0.455. The van der Waals surface area contributed by atoms with Crippen LogP contribution < -0.4 is 22.1 Å². The van der Waals surface area contributed by atoms with Crippen LogP contribution in [-0.2, 0) is 18.3 Å². The highest BCUT2D eigenvalue weighted by Gasteiger charge is 2.24. The second kappa shape index (κ2) is 9.49. The van der Waals surface area contributed by atoms with Crippen molar-refractivity contribution in [1.29, 1.82) is 0 Å². The highest BCUT2D eigenvalue weighted by molar-refractivity contribution is 5.76. The second-order valence-electron chi connectivity index (χ2n) is 8.34. The molecule has 1 aliphatic rings. The minimum absolute atomic E-state index is 0.0212. The molecule has 1 saturated heterocycles. The number of nitrogens with one attached hydrogen (secondary N) is 4. The molecule has 2 atom stereocenters. The molecule has 0 aliphatic carbocycles. The molecule has 10 nitrogen and oxygen atoms in total. The van der Waals surface area contributed by atoms with Crippen LogP contribution in [0.1, 0.15) is 43.1 Å². The first-order chi connectivity index (χ1) is 15.4. The van der Waals surface area contributed by atoms with E-state index in [2.05, 4.69) is 50.1 Å². The number of H-pyrrole nitrogens is 2. The highest BCUT2D eigenvalue weighted by Crippen LogP contribution is 2.23. The van der Waals surface area contributed by atoms with Crippen LogP contribution in [0.25, 0.3) is 11.2 Å². The first-order valence-electron chi connectivity index (χ1n) is 10.9. The van der Waals surface area contributed by atoms with Crippen molar-refractivity contribution in [1.82, 2.24) is 35.3 Å². The van der Waals surface area contributed by atoms with Gasteiger partial charge in [0.15, 0.2) is 5.65 Å². The number of benzene rings is 1. The molecule has 0 radical (unpaired) electrons. The molecule has 0 saturated carbocycles. The Morgan fingerprint density at radius 2 is 1.97 bits per heavy atom. The van der Waals surface area contributed by atoms with Gasteiger partial charge in [0.05, 0.1) is 0 Å². The third-order valence-corrected chi connectivity index (χ3v) is 6.04. The first kappa shape index (κ1) is 22.0. The molecule has 0 spiro atoms. The summed E-state index contributed by atoms with van der Waals surface area (Å²) in [6.45, 7) is 0.682. The van der Waals surface area contributed by atoms with E-state index >= 15 is 0 Å². The summed E-state index contributed by atoms with van der Waals surface area (Å²) in [6, 6.07) is 11.1. The lowest BCUT2D eigenvalue weighted by Crippen LogP contribution is -2.32. The van der Waals surface area contributed by atoms with E-state index in [0.717, 1.165) is 19.3 Å². The number of nitrogens with zero attached hydrogens (tertiary/aromatic N) is 3. The number of aryl methyl sites for hydroxylation is 2. The van der Waals surface area contributed by atoms with Crippen LogP contribution in [0.15, 0.2) is 39.9 Å². The maximum absolute atomic E-state index is 12.5. The number of aromatic amines is 2. The number of amides is 1. The largest absolute Gasteiger partial charge is 0.346 e. The lowest BCUT2D eigenvalue weighted by molar-refractivity contribution is -0.129. The average Bonchev–Trinajstić information content (AvgIpc) is 3.44. The summed E-state index contributed by atoms with van der Waals surface area (Å²) in [5.74, 6) is 0.537. The van der Waals surface area contributed by atoms with Gasteiger partial charge in [-0.2, -0.15) is 0 Å². The lowest BCUT2D eigenvalue weighted by atomic mass is 10.00. The van der Waals surface area contributed by atoms with Gasteiger partial charge in [-0.1, -0.05) is 30.3 Å². The van der Waals surface area contributed by atoms with E-state index in [4.69, 9.17) is 0 Å². The van der Waals surface area contributed by atoms with Crippen LogP contribution in [0.3, 0.4) is 0 Å². The Morgan fingerprint density at radius 1 is 1.19 bits per heavy atom. The molecule has 1 aliphatic heterocycles. The molecule has 2 unspecified atom stereocenters. The van der Waals surface area contributed by atoms with Gasteiger partial charge >= 0.3 is 5.69 Å². The normalized spacial score (nSPS) is 18.3. The summed E-state index contributed by atoms with van der Waals surface area (Å²) >= 11 is 0. The first-order valence-corrected chi connectivity index (χ1v) is 10.9. The van der Waals surface area contributed by atoms with Gasteiger partial charge < -0.3 is 9.88 Å². The zero-order chi connectivity index (χ0) is 22.7. The summed E-state index contributed by atoms with van der Waals surface area (Å²) in [5.41, 5.74) is 7.52. The maximum Gasteiger partial charge on any atom is 0.329 e. The zero-order valence-corrected chi connectivity index (χ0v) is 18.4. The molecular weight excluding hydrogens is 410 g/mol. The van der Waals surface area contributed by atoms with Crippen molar-refractivity contribution in [3.63, 3.8) is 0 Å². The third-order valence-electron chi connectivity index (χ3n) is 6.04. The molecule has 4 N–H and O–H groups in total. The smallest absolute Gasteiger partial charge is 0.329 e. The van der Waals surface area contributed by atoms with Crippen molar-refractivity contribution >= 4 is 17.1 Å². The van der Waals surface area contributed by atoms with Crippen LogP contribution >= 0.6 is 0 Å². The lowest BCUT2D eigenvalue weighted by Gasteiger charge is -2.18. The summed E-state index contributed by atoms with van der Waals surface area (Å²) in [5, 5.41) is 0. The predicted molar refractivity (Wildman–Crippen MR) is 121 cm³/mol. The zero-order valence-electron chi connectivity index (χ0n) is 18.4. The molecule has 0 bridgehead atoms. The van der Waals surface area contributed by atoms with Crippen LogP contribution in [0.5, 0.6) is 0 Å². The van der Waals surface area contributed by atoms with E-state index in [9.17, 15) is 14.4 Å². The molecular formula is C22H29N7O3. The SMILES string of the molecule is CN(CCCC1CC(c2ccccc2)NN1)C(=O)CCc1nc2c([nH]1)c(=O)[nH]c(=O)n2C. The summed E-state index contributed by atoms with van der Waals surface area (Å²) in [7, 11) is 3.35. The van der Waals surface area contributed by atoms with Gasteiger partial charge in [-0.05, 0) is 24.8 Å². The van der Waals surface area contributed by atoms with Gasteiger partial charge in [-0.15, -0.1) is 0 Å². The Labute approximate surface area is 185 Å². The number of hydrogen-bond acceptors (Lipinski definition) is 6. The molecule has 3 aromatic rings. The number of imidazole rings is 1. The molecule has 3 heterocycles. The molecule has 1 amide bonds. The minimum atomic E-state index is -0.515. The van der Waals surface area contributed by atoms with Crippen LogP contribution in [0.2, 0.25) is 0 Å². The Morgan fingerprint density at radius 3 is 2.75 bits per heavy atom. The number of fused-ring (bicyclic) bond motifs is 1. The summed E-state index contributed by atoms with van der Waals surface area (Å²) in [4.78, 5) is 47.3. The molecule has 170 valence electrons. The summed E-state index contributed by atoms with van der Waals surface area (Å²) in [6.07, 6.45) is 3.56. The summed E-state index contributed by atoms with van der Waals surface area (Å²) < 4.78 is 1.28. The number of aromatic nitrogens is 4. The molecule has 1 fully saturated rings. The van der Waals surface area contributed by atoms with Crippen LogP contribution in [0, 0.1) is 0 Å². The minimum Gasteiger partial charge on any atom is -0.346 e. The van der Waals surface area contributed by atoms with Crippen LogP contribution in [0.4, 0.5) is 0 Å². The van der Waals surface area contributed by atoms with E-state index in [1.165, 1.54) is 10.1 Å². The van der Waals surface area contributed by atoms with Crippen molar-refractivity contribution in [3.8, 4) is 0 Å². The molecule has 10 heteroatoms. The van der Waals surface area contributed by atoms with Crippen molar-refractivity contribution in [3.05, 3.63) is 62.6 Å². The van der Waals surface area contributed by atoms with Gasteiger partial charge in [0.25, 0.3) is 5.56 Å². The number of rotatable bonds is 8. The average molecular weight is 440 g/mol. The van der Waals surface area contributed by atoms with Crippen molar-refractivity contribution in [2.75, 3.05) is 13.6 Å². The third kappa shape index (κ3) is 4.81. The van der Waals surface area contributed by atoms with Crippen molar-refractivity contribution in [2.24, 2.45) is 7.05 Å². The Kier molecular flexibility index (Phi) is 6.52. The monoisotopic (exact) mass is 439 g/mol. The number of carbonyl (C=O) groups is 1. The van der Waals surface area contributed by atoms with E-state index in [1.54, 1.807) is 11.9 Å². The van der Waals surface area contributed by atoms with Gasteiger partial charge in [-0.25, -0.2) is 9.78 Å². The van der Waals surface area contributed by atoms with E-state index in [-0.39, 0.29) is 17.8 Å². The molecule has 4 rings (SSSR count). The van der Waals surface area contributed by atoms with Gasteiger partial charge in [0, 0.05) is 45.6 Å². The number of hydrogen-bond donors (Lipinski definition) is 4. The fourth-order valence-electron chi connectivity index (χ4n) is 4.10. The van der Waals surface area contributed by atoms with Gasteiger partial charge in [0.1, 0.15) is 11.3 Å². The van der Waals surface area contributed by atoms with Crippen molar-refractivity contribution in [2.45, 2.75) is 44.2 Å².